The molecule has 110 valence electrons. The molecule has 0 aliphatic heterocycles. The summed E-state index contributed by atoms with van der Waals surface area (Å²) in [5.74, 6) is -1.22. The van der Waals surface area contributed by atoms with Gasteiger partial charge in [0.2, 0.25) is 10.0 Å². The minimum absolute atomic E-state index is 0.0108. The summed E-state index contributed by atoms with van der Waals surface area (Å²) >= 11 is 5.75. The number of sulfonamides is 1. The number of carboxylic acid groups (broad SMARTS) is 1. The van der Waals surface area contributed by atoms with E-state index in [0.717, 1.165) is 12.1 Å². The molecule has 2 aromatic rings. The molecule has 0 saturated heterocycles. The summed E-state index contributed by atoms with van der Waals surface area (Å²) in [5.41, 5.74) is 0.341. The molecular weight excluding hydrogens is 318 g/mol. The topological polar surface area (TPSA) is 109 Å². The average Bonchev–Trinajstić information content (AvgIpc) is 2.46. The first-order valence-electron chi connectivity index (χ1n) is 5.67. The van der Waals surface area contributed by atoms with Crippen molar-refractivity contribution in [2.45, 2.75) is 11.4 Å². The smallest absolute Gasteiger partial charge is 0.337 e. The summed E-state index contributed by atoms with van der Waals surface area (Å²) < 4.78 is 26.5. The molecule has 0 amide bonds. The first-order chi connectivity index (χ1) is 9.90. The maximum absolute atomic E-state index is 12.1. The van der Waals surface area contributed by atoms with Crippen LogP contribution in [0.4, 0.5) is 0 Å². The predicted octanol–water partition coefficient (Wildman–Crippen LogP) is 1.31. The van der Waals surface area contributed by atoms with Crippen LogP contribution in [0.1, 0.15) is 16.1 Å². The fourth-order valence-electron chi connectivity index (χ4n) is 1.51. The van der Waals surface area contributed by atoms with Crippen molar-refractivity contribution >= 4 is 27.6 Å². The molecule has 0 unspecified atom stereocenters. The Balaban J connectivity index is 2.20. The van der Waals surface area contributed by atoms with E-state index >= 15 is 0 Å². The van der Waals surface area contributed by atoms with E-state index < -0.39 is 16.0 Å². The van der Waals surface area contributed by atoms with Crippen LogP contribution in [0.25, 0.3) is 0 Å². The molecule has 0 radical (unpaired) electrons. The Bertz CT molecular complexity index is 765. The van der Waals surface area contributed by atoms with Crippen LogP contribution >= 0.6 is 11.6 Å². The highest BCUT2D eigenvalue weighted by Crippen LogP contribution is 2.21. The van der Waals surface area contributed by atoms with Gasteiger partial charge in [0.25, 0.3) is 0 Å². The van der Waals surface area contributed by atoms with Gasteiger partial charge in [0.05, 0.1) is 27.7 Å². The summed E-state index contributed by atoms with van der Waals surface area (Å²) in [6.07, 6.45) is 2.80. The van der Waals surface area contributed by atoms with Crippen molar-refractivity contribution in [2.24, 2.45) is 0 Å². The standard InChI is InChI=1S/C12H10ClN3O4S/c13-11-5-9(1-2-10(11)12(17)18)21(19,20)16-6-8-3-4-14-7-15-8/h1-5,7,16H,6H2,(H,17,18). The van der Waals surface area contributed by atoms with E-state index in [9.17, 15) is 13.2 Å². The lowest BCUT2D eigenvalue weighted by Crippen LogP contribution is -2.23. The second kappa shape index (κ2) is 6.17. The molecule has 0 aliphatic rings. The van der Waals surface area contributed by atoms with Crippen molar-refractivity contribution in [3.8, 4) is 0 Å². The highest BCUT2D eigenvalue weighted by atomic mass is 35.5. The summed E-state index contributed by atoms with van der Waals surface area (Å²) in [7, 11) is -3.81. The molecule has 2 rings (SSSR count). The lowest BCUT2D eigenvalue weighted by Gasteiger charge is -2.07. The molecule has 1 aromatic carbocycles. The molecule has 9 heteroatoms. The molecule has 0 bridgehead atoms. The third kappa shape index (κ3) is 3.75. The molecule has 2 N–H and O–H groups in total. The molecule has 0 spiro atoms. The number of rotatable bonds is 5. The van der Waals surface area contributed by atoms with Gasteiger partial charge in [-0.05, 0) is 24.3 Å². The van der Waals surface area contributed by atoms with Gasteiger partial charge in [0, 0.05) is 6.20 Å². The highest BCUT2D eigenvalue weighted by Gasteiger charge is 2.17. The van der Waals surface area contributed by atoms with E-state index in [1.54, 1.807) is 6.07 Å². The van der Waals surface area contributed by atoms with E-state index in [1.165, 1.54) is 18.6 Å². The van der Waals surface area contributed by atoms with Gasteiger partial charge in [-0.3, -0.25) is 0 Å². The molecule has 1 heterocycles. The number of hydrogen-bond acceptors (Lipinski definition) is 5. The largest absolute Gasteiger partial charge is 0.478 e. The number of nitrogens with zero attached hydrogens (tertiary/aromatic N) is 2. The van der Waals surface area contributed by atoms with Crippen molar-refractivity contribution in [3.63, 3.8) is 0 Å². The zero-order chi connectivity index (χ0) is 15.5. The van der Waals surface area contributed by atoms with Gasteiger partial charge in [-0.15, -0.1) is 0 Å². The van der Waals surface area contributed by atoms with Crippen LogP contribution in [0.3, 0.4) is 0 Å². The van der Waals surface area contributed by atoms with Crippen molar-refractivity contribution in [1.29, 1.82) is 0 Å². The lowest BCUT2D eigenvalue weighted by atomic mass is 10.2. The zero-order valence-electron chi connectivity index (χ0n) is 10.5. The lowest BCUT2D eigenvalue weighted by molar-refractivity contribution is 0.0697. The van der Waals surface area contributed by atoms with Gasteiger partial charge < -0.3 is 5.11 Å². The Morgan fingerprint density at radius 1 is 1.33 bits per heavy atom. The molecule has 0 saturated carbocycles. The first-order valence-corrected chi connectivity index (χ1v) is 7.53. The van der Waals surface area contributed by atoms with Gasteiger partial charge in [0.1, 0.15) is 6.33 Å². The summed E-state index contributed by atoms with van der Waals surface area (Å²) in [6, 6.07) is 4.98. The minimum atomic E-state index is -3.81. The number of nitrogens with one attached hydrogen (secondary N) is 1. The third-order valence-corrected chi connectivity index (χ3v) is 4.28. The quantitative estimate of drug-likeness (QED) is 0.856. The number of aromatic carboxylic acids is 1. The normalized spacial score (nSPS) is 11.3. The molecule has 0 aliphatic carbocycles. The van der Waals surface area contributed by atoms with Gasteiger partial charge in [-0.25, -0.2) is 27.9 Å². The van der Waals surface area contributed by atoms with Gasteiger partial charge in [-0.2, -0.15) is 0 Å². The Morgan fingerprint density at radius 2 is 2.10 bits per heavy atom. The molecular formula is C12H10ClN3O4S. The molecule has 0 fully saturated rings. The SMILES string of the molecule is O=C(O)c1ccc(S(=O)(=O)NCc2ccncn2)cc1Cl. The van der Waals surface area contributed by atoms with Crippen LogP contribution < -0.4 is 4.72 Å². The van der Waals surface area contributed by atoms with Crippen LogP contribution in [-0.2, 0) is 16.6 Å². The van der Waals surface area contributed by atoms with Crippen LogP contribution in [0.15, 0.2) is 41.7 Å². The highest BCUT2D eigenvalue weighted by molar-refractivity contribution is 7.89. The Hall–Kier alpha value is -2.03. The van der Waals surface area contributed by atoms with E-state index in [0.29, 0.717) is 5.69 Å². The third-order valence-electron chi connectivity index (χ3n) is 2.57. The first kappa shape index (κ1) is 15.4. The summed E-state index contributed by atoms with van der Waals surface area (Å²) in [6.45, 7) is -0.0108. The zero-order valence-corrected chi connectivity index (χ0v) is 12.1. The monoisotopic (exact) mass is 327 g/mol. The van der Waals surface area contributed by atoms with Crippen LogP contribution in [0.2, 0.25) is 5.02 Å². The fourth-order valence-corrected chi connectivity index (χ4v) is 2.86. The van der Waals surface area contributed by atoms with E-state index in [-0.39, 0.29) is 22.0 Å². The molecule has 21 heavy (non-hydrogen) atoms. The Morgan fingerprint density at radius 3 is 2.67 bits per heavy atom. The number of benzene rings is 1. The van der Waals surface area contributed by atoms with Crippen LogP contribution in [-0.4, -0.2) is 29.5 Å². The van der Waals surface area contributed by atoms with E-state index in [2.05, 4.69) is 14.7 Å². The number of aromatic nitrogens is 2. The van der Waals surface area contributed by atoms with Crippen molar-refractivity contribution in [3.05, 3.63) is 53.1 Å². The van der Waals surface area contributed by atoms with Crippen molar-refractivity contribution < 1.29 is 18.3 Å². The summed E-state index contributed by atoms with van der Waals surface area (Å²) in [5, 5.41) is 8.70. The number of carbonyl (C=O) groups is 1. The van der Waals surface area contributed by atoms with Crippen molar-refractivity contribution in [1.82, 2.24) is 14.7 Å². The second-order valence-corrected chi connectivity index (χ2v) is 6.15. The number of carboxylic acids is 1. The minimum Gasteiger partial charge on any atom is -0.478 e. The van der Waals surface area contributed by atoms with E-state index in [4.69, 9.17) is 16.7 Å². The average molecular weight is 328 g/mol. The van der Waals surface area contributed by atoms with E-state index in [1.807, 2.05) is 0 Å². The number of hydrogen-bond donors (Lipinski definition) is 2. The maximum atomic E-state index is 12.1. The molecule has 1 aromatic heterocycles. The fraction of sp³-hybridized carbons (Fsp3) is 0.0833. The molecule has 7 nitrogen and oxygen atoms in total. The Labute approximate surface area is 125 Å². The summed E-state index contributed by atoms with van der Waals surface area (Å²) in [4.78, 5) is 18.3. The van der Waals surface area contributed by atoms with Gasteiger partial charge >= 0.3 is 5.97 Å². The van der Waals surface area contributed by atoms with Crippen LogP contribution in [0, 0.1) is 0 Å². The van der Waals surface area contributed by atoms with Gasteiger partial charge in [0.15, 0.2) is 0 Å². The molecule has 0 atom stereocenters. The predicted molar refractivity (Wildman–Crippen MR) is 74.5 cm³/mol. The van der Waals surface area contributed by atoms with Crippen LogP contribution in [0.5, 0.6) is 0 Å². The second-order valence-electron chi connectivity index (χ2n) is 3.97. The maximum Gasteiger partial charge on any atom is 0.337 e. The Kier molecular flexibility index (Phi) is 4.51. The number of halogens is 1. The van der Waals surface area contributed by atoms with Crippen molar-refractivity contribution in [2.75, 3.05) is 0 Å². The van der Waals surface area contributed by atoms with Gasteiger partial charge in [-0.1, -0.05) is 11.6 Å².